The number of esters is 1. The summed E-state index contributed by atoms with van der Waals surface area (Å²) in [5, 5.41) is 12.2. The van der Waals surface area contributed by atoms with Gasteiger partial charge in [-0.1, -0.05) is 177 Å². The van der Waals surface area contributed by atoms with Crippen LogP contribution in [0.1, 0.15) is 72.8 Å². The van der Waals surface area contributed by atoms with E-state index in [0.29, 0.717) is 19.4 Å². The number of carbonyl (C=O) groups is 1. The van der Waals surface area contributed by atoms with E-state index in [-0.39, 0.29) is 45.6 Å². The summed E-state index contributed by atoms with van der Waals surface area (Å²) >= 11 is 0. The molecule has 0 spiro atoms. The number of carbonyl (C=O) groups excluding carboxylic acids is 1. The van der Waals surface area contributed by atoms with Crippen LogP contribution in [0.4, 0.5) is 0 Å². The summed E-state index contributed by atoms with van der Waals surface area (Å²) < 4.78 is 95.9. The van der Waals surface area contributed by atoms with E-state index in [1.807, 2.05) is 152 Å². The van der Waals surface area contributed by atoms with Gasteiger partial charge >= 0.3 is 5.97 Å². The molecule has 1 N–H and O–H groups in total. The van der Waals surface area contributed by atoms with Crippen LogP contribution in [0.5, 0.6) is 0 Å². The van der Waals surface area contributed by atoms with Gasteiger partial charge in [0.2, 0.25) is 0 Å². The van der Waals surface area contributed by atoms with Gasteiger partial charge in [-0.3, -0.25) is 8.98 Å². The Labute approximate surface area is 436 Å². The van der Waals surface area contributed by atoms with Crippen molar-refractivity contribution in [2.75, 3.05) is 33.2 Å². The van der Waals surface area contributed by atoms with Gasteiger partial charge in [-0.2, -0.15) is 8.42 Å². The first kappa shape index (κ1) is 56.8. The average Bonchev–Trinajstić information content (AvgIpc) is 3.42. The van der Waals surface area contributed by atoms with Gasteiger partial charge in [0.1, 0.15) is 48.8 Å². The van der Waals surface area contributed by atoms with Gasteiger partial charge in [0.15, 0.2) is 12.6 Å². The van der Waals surface area contributed by atoms with Crippen LogP contribution in [0.2, 0.25) is 0 Å². The van der Waals surface area contributed by atoms with Crippen molar-refractivity contribution < 1.29 is 69.9 Å². The van der Waals surface area contributed by atoms with Crippen LogP contribution in [0.3, 0.4) is 0 Å². The lowest BCUT2D eigenvalue weighted by Crippen LogP contribution is -2.66. The summed E-state index contributed by atoms with van der Waals surface area (Å²) in [7, 11) is -2.55. The minimum Gasteiger partial charge on any atom is -0.469 e. The normalized spacial score (nSPS) is 24.1. The molecular weight excluding hydrogens is 969 g/mol. The molecule has 74 heavy (non-hydrogen) atoms. The Bertz CT molecular complexity index is 2420. The van der Waals surface area contributed by atoms with Gasteiger partial charge < -0.3 is 52.5 Å². The molecule has 5 aromatic rings. The van der Waals surface area contributed by atoms with Crippen molar-refractivity contribution in [2.24, 2.45) is 0 Å². The zero-order valence-electron chi connectivity index (χ0n) is 42.4. The van der Waals surface area contributed by atoms with Crippen molar-refractivity contribution in [1.82, 2.24) is 0 Å². The van der Waals surface area contributed by atoms with Crippen molar-refractivity contribution in [1.29, 1.82) is 0 Å². The smallest absolute Gasteiger partial charge is 0.305 e. The highest BCUT2D eigenvalue weighted by Gasteiger charge is 2.54. The van der Waals surface area contributed by atoms with E-state index < -0.39 is 78.1 Å². The molecule has 5 aromatic carbocycles. The molecule has 10 atom stereocenters. The third kappa shape index (κ3) is 18.7. The van der Waals surface area contributed by atoms with Crippen LogP contribution >= 0.6 is 0 Å². The predicted octanol–water partition coefficient (Wildman–Crippen LogP) is 8.64. The molecule has 0 unspecified atom stereocenters. The van der Waals surface area contributed by atoms with Gasteiger partial charge in [0.05, 0.1) is 59.6 Å². The molecular formula is C58H72O15S. The predicted molar refractivity (Wildman–Crippen MR) is 275 cm³/mol. The van der Waals surface area contributed by atoms with Crippen molar-refractivity contribution >= 4 is 16.1 Å². The molecule has 15 nitrogen and oxygen atoms in total. The highest BCUT2D eigenvalue weighted by Crippen LogP contribution is 2.36. The fraction of sp³-hybridized carbons (Fsp3) is 0.466. The minimum absolute atomic E-state index is 0.0540. The molecule has 7 rings (SSSR count). The molecule has 0 saturated carbocycles. The maximum absolute atomic E-state index is 12.4. The van der Waals surface area contributed by atoms with Crippen LogP contribution in [0.15, 0.2) is 152 Å². The lowest BCUT2D eigenvalue weighted by atomic mass is 9.96. The van der Waals surface area contributed by atoms with Crippen LogP contribution in [-0.2, 0) is 99.5 Å². The third-order valence-corrected chi connectivity index (χ3v) is 13.3. The van der Waals surface area contributed by atoms with Crippen molar-refractivity contribution in [3.05, 3.63) is 179 Å². The second-order valence-corrected chi connectivity index (χ2v) is 20.2. The highest BCUT2D eigenvalue weighted by molar-refractivity contribution is 7.85. The minimum atomic E-state index is -3.95. The van der Waals surface area contributed by atoms with Crippen LogP contribution in [-0.4, -0.2) is 114 Å². The average molecular weight is 1040 g/mol. The first-order chi connectivity index (χ1) is 36.1. The summed E-state index contributed by atoms with van der Waals surface area (Å²) in [6.45, 7) is 0.688. The Hall–Kier alpha value is -4.92. The van der Waals surface area contributed by atoms with Crippen molar-refractivity contribution in [2.45, 2.75) is 139 Å². The Kier molecular flexibility index (Phi) is 23.5. The number of aliphatic hydroxyl groups excluding tert-OH is 1. The largest absolute Gasteiger partial charge is 0.469 e. The fourth-order valence-electron chi connectivity index (χ4n) is 8.85. The molecule has 400 valence electrons. The van der Waals surface area contributed by atoms with Gasteiger partial charge in [-0.05, 0) is 40.7 Å². The summed E-state index contributed by atoms with van der Waals surface area (Å²) in [6, 6.07) is 48.7. The van der Waals surface area contributed by atoms with E-state index in [2.05, 4.69) is 0 Å². The van der Waals surface area contributed by atoms with Gasteiger partial charge in [-0.15, -0.1) is 0 Å². The fourth-order valence-corrected chi connectivity index (χ4v) is 9.23. The third-order valence-electron chi connectivity index (χ3n) is 12.8. The maximum Gasteiger partial charge on any atom is 0.305 e. The molecule has 2 aliphatic heterocycles. The molecule has 0 aromatic heterocycles. The van der Waals surface area contributed by atoms with E-state index in [1.165, 1.54) is 7.11 Å². The lowest BCUT2D eigenvalue weighted by molar-refractivity contribution is -0.380. The molecule has 0 aliphatic carbocycles. The summed E-state index contributed by atoms with van der Waals surface area (Å²) in [6.07, 6.45) is -4.66. The molecule has 2 heterocycles. The van der Waals surface area contributed by atoms with E-state index in [1.54, 1.807) is 0 Å². The summed E-state index contributed by atoms with van der Waals surface area (Å²) in [5.74, 6) is -0.217. The van der Waals surface area contributed by atoms with Crippen LogP contribution in [0, 0.1) is 0 Å². The second-order valence-electron chi connectivity index (χ2n) is 18.5. The lowest BCUT2D eigenvalue weighted by Gasteiger charge is -2.49. The van der Waals surface area contributed by atoms with Gasteiger partial charge in [-0.25, -0.2) is 0 Å². The zero-order chi connectivity index (χ0) is 51.8. The molecule has 16 heteroatoms. The topological polar surface area (TPSA) is 173 Å². The zero-order valence-corrected chi connectivity index (χ0v) is 43.2. The highest BCUT2D eigenvalue weighted by atomic mass is 32.2. The number of hydrogen-bond acceptors (Lipinski definition) is 15. The Morgan fingerprint density at radius 3 is 1.42 bits per heavy atom. The number of rotatable bonds is 31. The summed E-state index contributed by atoms with van der Waals surface area (Å²) in [4.78, 5) is 11.6. The van der Waals surface area contributed by atoms with E-state index in [4.69, 9.17) is 51.6 Å². The number of aliphatic hydroxyl groups is 1. The number of unbranched alkanes of at least 4 members (excludes halogenated alkanes) is 5. The van der Waals surface area contributed by atoms with Crippen molar-refractivity contribution in [3.8, 4) is 0 Å². The van der Waals surface area contributed by atoms with E-state index in [9.17, 15) is 18.3 Å². The van der Waals surface area contributed by atoms with E-state index in [0.717, 1.165) is 66.2 Å². The number of hydrogen-bond donors (Lipinski definition) is 1. The quantitative estimate of drug-likeness (QED) is 0.0254. The first-order valence-electron chi connectivity index (χ1n) is 25.5. The second kappa shape index (κ2) is 30.6. The molecule has 2 aliphatic rings. The number of ether oxygens (including phenoxy) is 10. The van der Waals surface area contributed by atoms with Gasteiger partial charge in [0, 0.05) is 13.0 Å². The van der Waals surface area contributed by atoms with Crippen LogP contribution in [0.25, 0.3) is 0 Å². The maximum atomic E-state index is 12.4. The Morgan fingerprint density at radius 1 is 0.486 bits per heavy atom. The van der Waals surface area contributed by atoms with Crippen molar-refractivity contribution in [3.63, 3.8) is 0 Å². The first-order valence-corrected chi connectivity index (χ1v) is 27.4. The summed E-state index contributed by atoms with van der Waals surface area (Å²) in [5.41, 5.74) is 4.55. The molecule has 0 radical (unpaired) electrons. The van der Waals surface area contributed by atoms with E-state index >= 15 is 0 Å². The Morgan fingerprint density at radius 2 is 0.919 bits per heavy atom. The monoisotopic (exact) mass is 1040 g/mol. The van der Waals surface area contributed by atoms with Gasteiger partial charge in [0.25, 0.3) is 10.1 Å². The molecule has 0 amide bonds. The standard InChI is InChI=1S/C58H72O15S/c1-63-50(59)34-22-5-3-4-6-23-35-65-57-56(53(67-38-45-28-16-9-17-29-45)51(60)48(71-57)42-70-74(2,61)62)73-58-55(69-40-47-32-20-11-21-33-47)54(68-39-46-30-18-10-19-31-46)52(66-37-44-26-14-8-15-27-44)49(72-58)41-64-36-43-24-12-7-13-25-43/h7-21,24-33,48-49,51-58,60H,3-6,22-23,34-42H2,1-2H3/t48-,49-,51-,52-,53+,54+,55-,56-,57+,58-/m1/s1. The molecule has 0 bridgehead atoms. The number of benzene rings is 5. The molecule has 2 saturated heterocycles. The SMILES string of the molecule is COC(=O)CCCCCCCCO[C@H]1O[C@H](COS(C)(=O)=O)[C@@H](O)[C@H](OCc2ccccc2)[C@H]1O[C@H]1O[C@H](COCc2ccccc2)[C@@H](OCc2ccccc2)[C@H](OCc2ccccc2)[C@H]1OCc1ccccc1. The Balaban J connectivity index is 1.23. The molecule has 2 fully saturated rings. The van der Waals surface area contributed by atoms with Crippen LogP contribution < -0.4 is 0 Å². The number of methoxy groups -OCH3 is 1.